The van der Waals surface area contributed by atoms with Gasteiger partial charge in [0.05, 0.1) is 18.8 Å². The molecule has 0 aromatic heterocycles. The second-order valence-electron chi connectivity index (χ2n) is 3.13. The molecule has 0 saturated heterocycles. The van der Waals surface area contributed by atoms with Crippen LogP contribution in [0.4, 0.5) is 4.39 Å². The molecular formula is C13H14ClFO. The zero-order valence-electron chi connectivity index (χ0n) is 9.01. The monoisotopic (exact) mass is 240 g/mol. The SMILES string of the molecule is FCCCOc1ccccc1C#CCCCl. The van der Waals surface area contributed by atoms with E-state index in [9.17, 15) is 4.39 Å². The number of benzene rings is 1. The smallest absolute Gasteiger partial charge is 0.134 e. The van der Waals surface area contributed by atoms with Crippen molar-refractivity contribution in [3.8, 4) is 17.6 Å². The Labute approximate surface area is 101 Å². The van der Waals surface area contributed by atoms with Gasteiger partial charge in [0.2, 0.25) is 0 Å². The van der Waals surface area contributed by atoms with Crippen molar-refractivity contribution in [3.63, 3.8) is 0 Å². The van der Waals surface area contributed by atoms with Crippen molar-refractivity contribution < 1.29 is 9.13 Å². The number of ether oxygens (including phenoxy) is 1. The molecule has 0 aliphatic rings. The molecule has 3 heteroatoms. The Morgan fingerprint density at radius 2 is 2.12 bits per heavy atom. The first-order valence-corrected chi connectivity index (χ1v) is 5.74. The Morgan fingerprint density at radius 3 is 2.88 bits per heavy atom. The third-order valence-electron chi connectivity index (χ3n) is 1.87. The van der Waals surface area contributed by atoms with Crippen LogP contribution >= 0.6 is 11.6 Å². The molecule has 0 saturated carbocycles. The topological polar surface area (TPSA) is 9.23 Å². The van der Waals surface area contributed by atoms with Gasteiger partial charge in [-0.1, -0.05) is 24.0 Å². The fourth-order valence-electron chi connectivity index (χ4n) is 1.14. The molecule has 1 aromatic carbocycles. The third kappa shape index (κ3) is 4.55. The Morgan fingerprint density at radius 1 is 1.31 bits per heavy atom. The molecule has 0 heterocycles. The maximum absolute atomic E-state index is 11.9. The normalized spacial score (nSPS) is 9.38. The first kappa shape index (κ1) is 12.9. The molecule has 0 unspecified atom stereocenters. The minimum Gasteiger partial charge on any atom is -0.492 e. The summed E-state index contributed by atoms with van der Waals surface area (Å²) in [5.74, 6) is 7.17. The fraction of sp³-hybridized carbons (Fsp3) is 0.385. The number of hydrogen-bond donors (Lipinski definition) is 0. The standard InChI is InChI=1S/C13H14ClFO/c14-9-4-3-7-12-6-1-2-8-13(12)16-11-5-10-15/h1-2,6,8H,4-5,9-11H2. The number of alkyl halides is 2. The lowest BCUT2D eigenvalue weighted by molar-refractivity contribution is 0.289. The molecule has 1 aromatic rings. The second kappa shape index (κ2) is 8.01. The van der Waals surface area contributed by atoms with Crippen LogP contribution in [-0.2, 0) is 0 Å². The maximum Gasteiger partial charge on any atom is 0.134 e. The Balaban J connectivity index is 2.65. The maximum atomic E-state index is 11.9. The molecule has 0 fully saturated rings. The molecule has 0 radical (unpaired) electrons. The van der Waals surface area contributed by atoms with Gasteiger partial charge in [0, 0.05) is 18.7 Å². The average Bonchev–Trinajstić information content (AvgIpc) is 2.32. The lowest BCUT2D eigenvalue weighted by Gasteiger charge is -2.06. The van der Waals surface area contributed by atoms with Crippen molar-refractivity contribution in [2.75, 3.05) is 19.2 Å². The van der Waals surface area contributed by atoms with E-state index in [4.69, 9.17) is 16.3 Å². The van der Waals surface area contributed by atoms with Gasteiger partial charge in [-0.25, -0.2) is 0 Å². The summed E-state index contributed by atoms with van der Waals surface area (Å²) in [6, 6.07) is 7.49. The van der Waals surface area contributed by atoms with E-state index in [0.29, 0.717) is 31.1 Å². The summed E-state index contributed by atoms with van der Waals surface area (Å²) < 4.78 is 17.4. The van der Waals surface area contributed by atoms with E-state index in [1.165, 1.54) is 0 Å². The van der Waals surface area contributed by atoms with Gasteiger partial charge in [0.25, 0.3) is 0 Å². The number of halogens is 2. The van der Waals surface area contributed by atoms with Gasteiger partial charge in [0.1, 0.15) is 5.75 Å². The van der Waals surface area contributed by atoms with Crippen molar-refractivity contribution in [2.45, 2.75) is 12.8 Å². The number of hydrogen-bond acceptors (Lipinski definition) is 1. The molecule has 0 bridgehead atoms. The van der Waals surface area contributed by atoms with Crippen LogP contribution in [0.3, 0.4) is 0 Å². The number of rotatable bonds is 5. The second-order valence-corrected chi connectivity index (χ2v) is 3.51. The van der Waals surface area contributed by atoms with Gasteiger partial charge in [-0.15, -0.1) is 11.6 Å². The van der Waals surface area contributed by atoms with E-state index in [1.807, 2.05) is 24.3 Å². The molecule has 0 spiro atoms. The van der Waals surface area contributed by atoms with Crippen molar-refractivity contribution in [1.82, 2.24) is 0 Å². The molecular weight excluding hydrogens is 227 g/mol. The molecule has 0 N–H and O–H groups in total. The van der Waals surface area contributed by atoms with E-state index in [0.717, 1.165) is 5.56 Å². The fourth-order valence-corrected chi connectivity index (χ4v) is 1.23. The minimum absolute atomic E-state index is 0.361. The summed E-state index contributed by atoms with van der Waals surface area (Å²) in [5.41, 5.74) is 0.825. The highest BCUT2D eigenvalue weighted by Crippen LogP contribution is 2.16. The lowest BCUT2D eigenvalue weighted by Crippen LogP contribution is -1.99. The van der Waals surface area contributed by atoms with Gasteiger partial charge in [-0.05, 0) is 12.1 Å². The van der Waals surface area contributed by atoms with Crippen LogP contribution in [0.5, 0.6) is 5.75 Å². The summed E-state index contributed by atoms with van der Waals surface area (Å²) in [7, 11) is 0. The van der Waals surface area contributed by atoms with Crippen molar-refractivity contribution in [2.24, 2.45) is 0 Å². The number of para-hydroxylation sites is 1. The Bertz CT molecular complexity index is 368. The van der Waals surface area contributed by atoms with E-state index in [2.05, 4.69) is 11.8 Å². The molecule has 0 amide bonds. The average molecular weight is 241 g/mol. The van der Waals surface area contributed by atoms with Gasteiger partial charge in [-0.2, -0.15) is 0 Å². The quantitative estimate of drug-likeness (QED) is 0.435. The van der Waals surface area contributed by atoms with Crippen molar-refractivity contribution in [1.29, 1.82) is 0 Å². The van der Waals surface area contributed by atoms with E-state index in [1.54, 1.807) is 0 Å². The van der Waals surface area contributed by atoms with E-state index >= 15 is 0 Å². The van der Waals surface area contributed by atoms with Crippen LogP contribution < -0.4 is 4.74 Å². The van der Waals surface area contributed by atoms with Crippen LogP contribution in [-0.4, -0.2) is 19.2 Å². The van der Waals surface area contributed by atoms with Gasteiger partial charge in [0.15, 0.2) is 0 Å². The predicted octanol–water partition coefficient (Wildman–Crippen LogP) is 3.41. The summed E-state index contributed by atoms with van der Waals surface area (Å²) in [5, 5.41) is 0. The highest BCUT2D eigenvalue weighted by molar-refractivity contribution is 6.18. The minimum atomic E-state index is -0.361. The van der Waals surface area contributed by atoms with E-state index in [-0.39, 0.29) is 6.67 Å². The van der Waals surface area contributed by atoms with E-state index < -0.39 is 0 Å². The summed E-state index contributed by atoms with van der Waals surface area (Å²) >= 11 is 5.53. The first-order valence-electron chi connectivity index (χ1n) is 5.21. The highest BCUT2D eigenvalue weighted by Gasteiger charge is 1.99. The third-order valence-corrected chi connectivity index (χ3v) is 2.05. The zero-order valence-corrected chi connectivity index (χ0v) is 9.77. The molecule has 1 nitrogen and oxygen atoms in total. The highest BCUT2D eigenvalue weighted by atomic mass is 35.5. The van der Waals surface area contributed by atoms with Gasteiger partial charge in [-0.3, -0.25) is 4.39 Å². The first-order chi connectivity index (χ1) is 7.88. The molecule has 0 aliphatic carbocycles. The van der Waals surface area contributed by atoms with Crippen LogP contribution in [0.1, 0.15) is 18.4 Å². The molecule has 0 aliphatic heterocycles. The van der Waals surface area contributed by atoms with Crippen molar-refractivity contribution in [3.05, 3.63) is 29.8 Å². The molecule has 0 atom stereocenters. The predicted molar refractivity (Wildman–Crippen MR) is 64.7 cm³/mol. The molecule has 16 heavy (non-hydrogen) atoms. The largest absolute Gasteiger partial charge is 0.492 e. The zero-order chi connectivity index (χ0) is 11.6. The van der Waals surface area contributed by atoms with Crippen molar-refractivity contribution >= 4 is 11.6 Å². The van der Waals surface area contributed by atoms with Crippen LogP contribution in [0.25, 0.3) is 0 Å². The Hall–Kier alpha value is -1.20. The summed E-state index contributed by atoms with van der Waals surface area (Å²) in [4.78, 5) is 0. The summed E-state index contributed by atoms with van der Waals surface area (Å²) in [6.45, 7) is 0.0186. The van der Waals surface area contributed by atoms with Crippen LogP contribution in [0, 0.1) is 11.8 Å². The van der Waals surface area contributed by atoms with Crippen LogP contribution in [0.15, 0.2) is 24.3 Å². The van der Waals surface area contributed by atoms with Gasteiger partial charge >= 0.3 is 0 Å². The summed E-state index contributed by atoms with van der Waals surface area (Å²) in [6.07, 6.45) is 1.06. The lowest BCUT2D eigenvalue weighted by atomic mass is 10.2. The van der Waals surface area contributed by atoms with Gasteiger partial charge < -0.3 is 4.74 Å². The molecule has 86 valence electrons. The Kier molecular flexibility index (Phi) is 6.44. The molecule has 1 rings (SSSR count). The van der Waals surface area contributed by atoms with Crippen LogP contribution in [0.2, 0.25) is 0 Å².